The van der Waals surface area contributed by atoms with E-state index in [-0.39, 0.29) is 37.0 Å². The van der Waals surface area contributed by atoms with E-state index in [1.54, 1.807) is 6.20 Å². The van der Waals surface area contributed by atoms with Crippen LogP contribution in [0.5, 0.6) is 0 Å². The van der Waals surface area contributed by atoms with Crippen LogP contribution in [-0.2, 0) is 48.0 Å². The first-order valence-corrected chi connectivity index (χ1v) is 17.3. The first-order chi connectivity index (χ1) is 24.3. The molecule has 0 spiro atoms. The van der Waals surface area contributed by atoms with Crippen molar-refractivity contribution < 1.29 is 41.8 Å². The molecule has 5 rings (SSSR count). The molecule has 3 aromatic rings. The Morgan fingerprint density at radius 3 is 2.34 bits per heavy atom. The molecule has 10 heteroatoms. The van der Waals surface area contributed by atoms with Crippen molar-refractivity contribution >= 4 is 5.97 Å². The number of alkyl halides is 3. The van der Waals surface area contributed by atoms with Crippen LogP contribution in [-0.4, -0.2) is 38.2 Å². The number of unbranched alkanes of at least 4 members (excludes halogenated alkanes) is 1. The summed E-state index contributed by atoms with van der Waals surface area (Å²) in [6.07, 6.45) is 6.76. The number of allylic oxidation sites excluding steroid dienone is 2. The van der Waals surface area contributed by atoms with E-state index in [0.717, 1.165) is 60.1 Å². The molecule has 0 amide bonds. The van der Waals surface area contributed by atoms with E-state index < -0.39 is 11.7 Å². The van der Waals surface area contributed by atoms with Crippen molar-refractivity contribution in [1.29, 1.82) is 0 Å². The second kappa shape index (κ2) is 18.9. The number of esters is 1. The average molecular weight is 694 g/mol. The highest BCUT2D eigenvalue weighted by atomic mass is 19.4. The fraction of sp³-hybridized carbons (Fsp3) is 0.425. The van der Waals surface area contributed by atoms with E-state index in [1.165, 1.54) is 19.2 Å². The zero-order valence-corrected chi connectivity index (χ0v) is 28.4. The fourth-order valence-electron chi connectivity index (χ4n) is 6.25. The molecule has 4 atom stereocenters. The normalized spacial score (nSPS) is 21.9. The van der Waals surface area contributed by atoms with Crippen LogP contribution >= 0.6 is 0 Å². The van der Waals surface area contributed by atoms with Crippen LogP contribution in [0.2, 0.25) is 0 Å². The van der Waals surface area contributed by atoms with Gasteiger partial charge in [-0.2, -0.15) is 13.2 Å². The van der Waals surface area contributed by atoms with Crippen molar-refractivity contribution in [3.05, 3.63) is 119 Å². The van der Waals surface area contributed by atoms with Gasteiger partial charge in [0.15, 0.2) is 6.29 Å². The zero-order chi connectivity index (χ0) is 35.2. The third-order valence-corrected chi connectivity index (χ3v) is 9.04. The van der Waals surface area contributed by atoms with Crippen molar-refractivity contribution in [2.75, 3.05) is 13.7 Å². The van der Waals surface area contributed by atoms with Crippen molar-refractivity contribution in [3.63, 3.8) is 0 Å². The molecule has 7 nitrogen and oxygen atoms in total. The summed E-state index contributed by atoms with van der Waals surface area (Å²) in [5.74, 6) is -0.275. The minimum atomic E-state index is -4.39. The quantitative estimate of drug-likeness (QED) is 0.0695. The maximum atomic E-state index is 13.0. The minimum Gasteiger partial charge on any atom is -0.469 e. The molecule has 1 heterocycles. The lowest BCUT2D eigenvalue weighted by atomic mass is 9.96. The molecule has 268 valence electrons. The largest absolute Gasteiger partial charge is 0.469 e. The van der Waals surface area contributed by atoms with E-state index >= 15 is 0 Å². The number of benzene rings is 3. The van der Waals surface area contributed by atoms with Gasteiger partial charge in [0.2, 0.25) is 0 Å². The van der Waals surface area contributed by atoms with E-state index in [9.17, 15) is 18.0 Å². The summed E-state index contributed by atoms with van der Waals surface area (Å²) in [5.41, 5.74) is 7.15. The Labute approximate surface area is 292 Å². The van der Waals surface area contributed by atoms with Gasteiger partial charge in [0, 0.05) is 31.6 Å². The Morgan fingerprint density at radius 2 is 1.64 bits per heavy atom. The van der Waals surface area contributed by atoms with Crippen LogP contribution < -0.4 is 5.48 Å². The third kappa shape index (κ3) is 11.3. The molecule has 1 saturated heterocycles. The highest BCUT2D eigenvalue weighted by Gasteiger charge is 2.41. The third-order valence-electron chi connectivity index (χ3n) is 9.04. The number of methoxy groups -OCH3 is 1. The fourth-order valence-corrected chi connectivity index (χ4v) is 6.25. The van der Waals surface area contributed by atoms with Crippen molar-refractivity contribution in [1.82, 2.24) is 5.48 Å². The molecule has 1 saturated carbocycles. The number of halogens is 3. The number of nitrogens with one attached hydrogen (secondary N) is 1. The molecule has 0 bridgehead atoms. The predicted octanol–water partition coefficient (Wildman–Crippen LogP) is 9.08. The van der Waals surface area contributed by atoms with E-state index in [0.29, 0.717) is 44.5 Å². The van der Waals surface area contributed by atoms with Gasteiger partial charge in [-0.1, -0.05) is 78.9 Å². The Balaban J connectivity index is 1.29. The summed E-state index contributed by atoms with van der Waals surface area (Å²) in [5, 5.41) is 0. The van der Waals surface area contributed by atoms with Crippen molar-refractivity contribution in [2.45, 2.75) is 89.3 Å². The molecule has 2 fully saturated rings. The van der Waals surface area contributed by atoms with Crippen molar-refractivity contribution in [3.8, 4) is 11.1 Å². The van der Waals surface area contributed by atoms with Gasteiger partial charge in [-0.05, 0) is 78.5 Å². The van der Waals surface area contributed by atoms with Crippen LogP contribution in [0.1, 0.15) is 68.1 Å². The summed E-state index contributed by atoms with van der Waals surface area (Å²) >= 11 is 0. The molecule has 3 aromatic carbocycles. The highest BCUT2D eigenvalue weighted by molar-refractivity contribution is 5.69. The molecule has 0 radical (unpaired) electrons. The number of hydrogen-bond acceptors (Lipinski definition) is 7. The summed E-state index contributed by atoms with van der Waals surface area (Å²) in [7, 11) is 1.39. The lowest BCUT2D eigenvalue weighted by Gasteiger charge is -2.27. The first kappa shape index (κ1) is 37.3. The summed E-state index contributed by atoms with van der Waals surface area (Å²) in [4.78, 5) is 17.2. The number of hydroxylamine groups is 1. The second-order valence-corrected chi connectivity index (χ2v) is 12.6. The Bertz CT molecular complexity index is 1520. The Kier molecular flexibility index (Phi) is 14.1. The molecule has 1 unspecified atom stereocenters. The molecule has 0 aromatic heterocycles. The standard InChI is InChI=1S/C40H46F3NO6/c1-46-38(45)14-8-3-2-7-13-34-35(26-44-49-28-30-18-22-33(23-19-30)40(41,42)43)37(50-39-15-9-10-24-47-39)25-36(34)48-27-29-16-20-32(21-17-29)31-11-5-4-6-12-31/h2,4-7,11-12,16-23,26,34,36-37,39,44H,3,8-10,13-15,24-25,27-28H2,1H3/t34-,36+,37-,39?/m1/s1. The lowest BCUT2D eigenvalue weighted by Crippen LogP contribution is -2.28. The lowest BCUT2D eigenvalue weighted by molar-refractivity contribution is -0.181. The monoisotopic (exact) mass is 693 g/mol. The van der Waals surface area contributed by atoms with Gasteiger partial charge in [-0.15, -0.1) is 0 Å². The number of hydrogen-bond donors (Lipinski definition) is 1. The zero-order valence-electron chi connectivity index (χ0n) is 28.4. The number of ether oxygens (including phenoxy) is 4. The van der Waals surface area contributed by atoms with Gasteiger partial charge in [0.1, 0.15) is 0 Å². The average Bonchev–Trinajstić information content (AvgIpc) is 3.46. The van der Waals surface area contributed by atoms with Crippen LogP contribution in [0.4, 0.5) is 13.2 Å². The summed E-state index contributed by atoms with van der Waals surface area (Å²) in [6, 6.07) is 23.5. The van der Waals surface area contributed by atoms with Crippen LogP contribution in [0, 0.1) is 5.92 Å². The molecular weight excluding hydrogens is 647 g/mol. The topological polar surface area (TPSA) is 75.3 Å². The van der Waals surface area contributed by atoms with Crippen LogP contribution in [0.25, 0.3) is 11.1 Å². The maximum absolute atomic E-state index is 13.0. The van der Waals surface area contributed by atoms with E-state index in [4.69, 9.17) is 23.8 Å². The van der Waals surface area contributed by atoms with Gasteiger partial charge in [0.05, 0.1) is 38.1 Å². The number of carbonyl (C=O) groups excluding carboxylic acids is 1. The molecule has 2 aliphatic rings. The number of carbonyl (C=O) groups is 1. The smallest absolute Gasteiger partial charge is 0.416 e. The number of rotatable bonds is 16. The van der Waals surface area contributed by atoms with Gasteiger partial charge in [0.25, 0.3) is 0 Å². The maximum Gasteiger partial charge on any atom is 0.416 e. The van der Waals surface area contributed by atoms with Crippen LogP contribution in [0.3, 0.4) is 0 Å². The highest BCUT2D eigenvalue weighted by Crippen LogP contribution is 2.40. The molecule has 1 N–H and O–H groups in total. The second-order valence-electron chi connectivity index (χ2n) is 12.6. The summed E-state index contributed by atoms with van der Waals surface area (Å²) in [6.45, 7) is 1.15. The molecule has 1 aliphatic carbocycles. The van der Waals surface area contributed by atoms with Crippen molar-refractivity contribution in [2.24, 2.45) is 5.92 Å². The van der Waals surface area contributed by atoms with Gasteiger partial charge in [-0.3, -0.25) is 15.1 Å². The van der Waals surface area contributed by atoms with E-state index in [1.807, 2.05) is 18.2 Å². The molecule has 50 heavy (non-hydrogen) atoms. The molecular formula is C40H46F3NO6. The molecule has 1 aliphatic heterocycles. The van der Waals surface area contributed by atoms with E-state index in [2.05, 4.69) is 54.0 Å². The minimum absolute atomic E-state index is 0.0498. The van der Waals surface area contributed by atoms with Gasteiger partial charge < -0.3 is 18.9 Å². The summed E-state index contributed by atoms with van der Waals surface area (Å²) < 4.78 is 62.8. The van der Waals surface area contributed by atoms with Crippen LogP contribution in [0.15, 0.2) is 103 Å². The SMILES string of the molecule is COC(=O)CCCC=CC[C@@H]1C(=CNOCc2ccc(C(F)(F)F)cc2)[C@H](OC2CCCCO2)C[C@@H]1OCc1ccc(-c2ccccc2)cc1. The Morgan fingerprint density at radius 1 is 0.920 bits per heavy atom. The van der Waals surface area contributed by atoms with Gasteiger partial charge >= 0.3 is 12.1 Å². The van der Waals surface area contributed by atoms with Gasteiger partial charge in [-0.25, -0.2) is 0 Å². The predicted molar refractivity (Wildman–Crippen MR) is 184 cm³/mol. The first-order valence-electron chi connectivity index (χ1n) is 17.3. The Hall–Kier alpha value is -3.96.